The first-order valence-corrected chi connectivity index (χ1v) is 9.13. The van der Waals surface area contributed by atoms with Gasteiger partial charge in [0.25, 0.3) is 0 Å². The monoisotopic (exact) mass is 348 g/mol. The molecule has 4 rings (SSSR count). The summed E-state index contributed by atoms with van der Waals surface area (Å²) < 4.78 is 12.9. The molecule has 0 aliphatic carbocycles. The van der Waals surface area contributed by atoms with Crippen LogP contribution in [-0.2, 0) is 6.54 Å². The van der Waals surface area contributed by atoms with Crippen molar-refractivity contribution < 1.29 is 9.29 Å². The average Bonchev–Trinajstić information content (AvgIpc) is 2.69. The minimum absolute atomic E-state index is 0.215. The van der Waals surface area contributed by atoms with Crippen LogP contribution in [0.3, 0.4) is 0 Å². The smallest absolute Gasteiger partial charge is 0.123 e. The molecule has 1 N–H and O–H groups in total. The van der Waals surface area contributed by atoms with Gasteiger partial charge in [-0.25, -0.2) is 4.39 Å². The van der Waals surface area contributed by atoms with Crippen LogP contribution < -0.4 is 4.90 Å². The van der Waals surface area contributed by atoms with Crippen molar-refractivity contribution in [1.82, 2.24) is 5.01 Å². The van der Waals surface area contributed by atoms with E-state index in [2.05, 4.69) is 52.6 Å². The molecule has 0 aromatic heterocycles. The lowest BCUT2D eigenvalue weighted by molar-refractivity contribution is -0.918. The van der Waals surface area contributed by atoms with Gasteiger partial charge in [0, 0.05) is 5.56 Å². The van der Waals surface area contributed by atoms with Crippen LogP contribution in [0.25, 0.3) is 10.8 Å². The second-order valence-corrected chi connectivity index (χ2v) is 6.81. The van der Waals surface area contributed by atoms with Crippen molar-refractivity contribution in [3.63, 3.8) is 0 Å². The predicted octanol–water partition coefficient (Wildman–Crippen LogP) is 2.71. The second-order valence-electron chi connectivity index (χ2n) is 6.81. The standard InChI is InChI=1S/C22H22FN3/c23-21-10-8-18(9-11-21)16-24-26-14-12-25(13-15-26)17-20-6-3-5-19-4-1-2-7-22(19)20/h1-11,16H,12-15,17H2/p+1/b24-16-. The number of nitrogens with one attached hydrogen (secondary N) is 1. The van der Waals surface area contributed by atoms with Gasteiger partial charge in [0.05, 0.1) is 32.4 Å². The SMILES string of the molecule is Fc1ccc(/C=N\N2CC[NH+](Cc3cccc4ccccc34)CC2)cc1. The van der Waals surface area contributed by atoms with Crippen LogP contribution >= 0.6 is 0 Å². The molecule has 1 aliphatic heterocycles. The Kier molecular flexibility index (Phi) is 4.93. The summed E-state index contributed by atoms with van der Waals surface area (Å²) in [6, 6.07) is 21.6. The molecule has 132 valence electrons. The molecule has 26 heavy (non-hydrogen) atoms. The summed E-state index contributed by atoms with van der Waals surface area (Å²) in [6.45, 7) is 5.08. The lowest BCUT2D eigenvalue weighted by Gasteiger charge is -2.30. The Labute approximate surface area is 153 Å². The van der Waals surface area contributed by atoms with Gasteiger partial charge in [0.15, 0.2) is 0 Å². The van der Waals surface area contributed by atoms with Gasteiger partial charge in [-0.3, -0.25) is 5.01 Å². The highest BCUT2D eigenvalue weighted by Crippen LogP contribution is 2.17. The number of hydrogen-bond acceptors (Lipinski definition) is 2. The van der Waals surface area contributed by atoms with Crippen molar-refractivity contribution in [2.75, 3.05) is 26.2 Å². The maximum Gasteiger partial charge on any atom is 0.123 e. The number of halogens is 1. The summed E-state index contributed by atoms with van der Waals surface area (Å²) in [6.07, 6.45) is 1.81. The third-order valence-electron chi connectivity index (χ3n) is 5.01. The quantitative estimate of drug-likeness (QED) is 0.719. The van der Waals surface area contributed by atoms with E-state index in [1.807, 2.05) is 6.21 Å². The molecule has 0 atom stereocenters. The van der Waals surface area contributed by atoms with Crippen LogP contribution in [0, 0.1) is 5.82 Å². The summed E-state index contributed by atoms with van der Waals surface area (Å²) in [5, 5.41) is 9.33. The maximum absolute atomic E-state index is 12.9. The molecule has 4 heteroatoms. The number of hydrazone groups is 1. The molecular formula is C22H23FN3+. The lowest BCUT2D eigenvalue weighted by Crippen LogP contribution is -3.13. The molecule has 0 spiro atoms. The Morgan fingerprint density at radius 1 is 0.923 bits per heavy atom. The molecule has 3 aromatic carbocycles. The summed E-state index contributed by atoms with van der Waals surface area (Å²) in [7, 11) is 0. The van der Waals surface area contributed by atoms with Crippen molar-refractivity contribution in [3.8, 4) is 0 Å². The van der Waals surface area contributed by atoms with E-state index in [4.69, 9.17) is 0 Å². The third-order valence-corrected chi connectivity index (χ3v) is 5.01. The van der Waals surface area contributed by atoms with Crippen molar-refractivity contribution in [3.05, 3.63) is 83.7 Å². The highest BCUT2D eigenvalue weighted by Gasteiger charge is 2.19. The number of fused-ring (bicyclic) bond motifs is 1. The summed E-state index contributed by atoms with van der Waals surface area (Å²) in [4.78, 5) is 1.59. The van der Waals surface area contributed by atoms with Crippen molar-refractivity contribution in [2.45, 2.75) is 6.54 Å². The van der Waals surface area contributed by atoms with Gasteiger partial charge in [-0.2, -0.15) is 5.10 Å². The Hall–Kier alpha value is -2.72. The first kappa shape index (κ1) is 16.7. The lowest BCUT2D eigenvalue weighted by atomic mass is 10.0. The zero-order chi connectivity index (χ0) is 17.8. The van der Waals surface area contributed by atoms with E-state index in [1.54, 1.807) is 17.0 Å². The molecule has 0 unspecified atom stereocenters. The summed E-state index contributed by atoms with van der Waals surface area (Å²) >= 11 is 0. The average molecular weight is 348 g/mol. The normalized spacial score (nSPS) is 15.8. The summed E-state index contributed by atoms with van der Waals surface area (Å²) in [5.74, 6) is -0.215. The first-order valence-electron chi connectivity index (χ1n) is 9.13. The van der Waals surface area contributed by atoms with Crippen LogP contribution in [0.15, 0.2) is 71.8 Å². The van der Waals surface area contributed by atoms with E-state index < -0.39 is 0 Å². The molecule has 3 nitrogen and oxygen atoms in total. The van der Waals surface area contributed by atoms with Crippen LogP contribution in [0.1, 0.15) is 11.1 Å². The Bertz CT molecular complexity index is 891. The zero-order valence-electron chi connectivity index (χ0n) is 14.7. The van der Waals surface area contributed by atoms with Gasteiger partial charge in [0.2, 0.25) is 0 Å². The van der Waals surface area contributed by atoms with Crippen LogP contribution in [0.4, 0.5) is 4.39 Å². The number of piperazine rings is 1. The van der Waals surface area contributed by atoms with Gasteiger partial charge in [-0.1, -0.05) is 54.6 Å². The predicted molar refractivity (Wildman–Crippen MR) is 104 cm³/mol. The molecule has 1 aliphatic rings. The Morgan fingerprint density at radius 3 is 2.46 bits per heavy atom. The molecule has 0 saturated carbocycles. The molecular weight excluding hydrogens is 325 g/mol. The zero-order valence-corrected chi connectivity index (χ0v) is 14.7. The molecule has 1 fully saturated rings. The molecule has 1 heterocycles. The van der Waals surface area contributed by atoms with Crippen LogP contribution in [-0.4, -0.2) is 37.4 Å². The van der Waals surface area contributed by atoms with Crippen molar-refractivity contribution >= 4 is 17.0 Å². The van der Waals surface area contributed by atoms with E-state index in [0.29, 0.717) is 0 Å². The van der Waals surface area contributed by atoms with Gasteiger partial charge in [-0.05, 0) is 28.5 Å². The van der Waals surface area contributed by atoms with Crippen molar-refractivity contribution in [2.24, 2.45) is 5.10 Å². The van der Waals surface area contributed by atoms with Gasteiger partial charge in [-0.15, -0.1) is 0 Å². The fourth-order valence-corrected chi connectivity index (χ4v) is 3.52. The highest BCUT2D eigenvalue weighted by atomic mass is 19.1. The van der Waals surface area contributed by atoms with E-state index in [9.17, 15) is 4.39 Å². The van der Waals surface area contributed by atoms with E-state index >= 15 is 0 Å². The fraction of sp³-hybridized carbons (Fsp3) is 0.227. The van der Waals surface area contributed by atoms with Crippen molar-refractivity contribution in [1.29, 1.82) is 0 Å². The Morgan fingerprint density at radius 2 is 1.65 bits per heavy atom. The van der Waals surface area contributed by atoms with E-state index in [-0.39, 0.29) is 5.82 Å². The fourth-order valence-electron chi connectivity index (χ4n) is 3.52. The van der Waals surface area contributed by atoms with Gasteiger partial charge >= 0.3 is 0 Å². The van der Waals surface area contributed by atoms with Gasteiger partial charge < -0.3 is 4.90 Å². The van der Waals surface area contributed by atoms with Crippen LogP contribution in [0.5, 0.6) is 0 Å². The number of nitrogens with zero attached hydrogens (tertiary/aromatic N) is 2. The molecule has 0 bridgehead atoms. The van der Waals surface area contributed by atoms with Gasteiger partial charge in [0.1, 0.15) is 12.4 Å². The Balaban J connectivity index is 1.35. The van der Waals surface area contributed by atoms with Crippen LogP contribution in [0.2, 0.25) is 0 Å². The maximum atomic E-state index is 12.9. The number of quaternary nitrogens is 1. The highest BCUT2D eigenvalue weighted by molar-refractivity contribution is 5.85. The van der Waals surface area contributed by atoms with E-state index in [1.165, 1.54) is 28.5 Å². The number of rotatable bonds is 4. The number of benzene rings is 3. The van der Waals surface area contributed by atoms with E-state index in [0.717, 1.165) is 38.3 Å². The number of hydrogen-bond donors (Lipinski definition) is 1. The molecule has 3 aromatic rings. The largest absolute Gasteiger partial charge is 0.328 e. The first-order chi connectivity index (χ1) is 12.8. The minimum Gasteiger partial charge on any atom is -0.328 e. The second kappa shape index (κ2) is 7.67. The molecule has 0 radical (unpaired) electrons. The topological polar surface area (TPSA) is 20.0 Å². The molecule has 1 saturated heterocycles. The minimum atomic E-state index is -0.215. The third kappa shape index (κ3) is 3.92. The summed E-state index contributed by atoms with van der Waals surface area (Å²) in [5.41, 5.74) is 2.35. The molecule has 0 amide bonds.